The van der Waals surface area contributed by atoms with E-state index in [1.165, 1.54) is 25.4 Å². The summed E-state index contributed by atoms with van der Waals surface area (Å²) in [6.45, 7) is 4.28. The van der Waals surface area contributed by atoms with Gasteiger partial charge in [0.15, 0.2) is 0 Å². The van der Waals surface area contributed by atoms with Crippen molar-refractivity contribution in [1.29, 1.82) is 0 Å². The molecule has 16 heavy (non-hydrogen) atoms. The summed E-state index contributed by atoms with van der Waals surface area (Å²) in [4.78, 5) is 1.62. The van der Waals surface area contributed by atoms with E-state index in [9.17, 15) is 0 Å². The summed E-state index contributed by atoms with van der Waals surface area (Å²) in [5, 5.41) is 0. The van der Waals surface area contributed by atoms with Gasteiger partial charge in [-0.15, -0.1) is 11.3 Å². The fraction of sp³-hybridized carbons (Fsp3) is 0.231. The molecule has 0 fully saturated rings. The molecule has 1 unspecified atom stereocenters. The van der Waals surface area contributed by atoms with Gasteiger partial charge >= 0.3 is 0 Å². The molecule has 2 aromatic rings. The lowest BCUT2D eigenvalue weighted by Gasteiger charge is -2.10. The Kier molecular flexibility index (Phi) is 3.88. The second kappa shape index (κ2) is 5.03. The van der Waals surface area contributed by atoms with Crippen molar-refractivity contribution in [3.63, 3.8) is 0 Å². The molecule has 0 nitrogen and oxygen atoms in total. The minimum atomic E-state index is 0.294. The van der Waals surface area contributed by atoms with Gasteiger partial charge in [0.2, 0.25) is 0 Å². The van der Waals surface area contributed by atoms with Crippen LogP contribution in [-0.2, 0) is 0 Å². The zero-order valence-electron chi connectivity index (χ0n) is 9.13. The van der Waals surface area contributed by atoms with E-state index in [1.54, 1.807) is 11.3 Å². The van der Waals surface area contributed by atoms with Gasteiger partial charge in [0.1, 0.15) is 0 Å². The van der Waals surface area contributed by atoms with Crippen molar-refractivity contribution >= 4 is 43.2 Å². The van der Waals surface area contributed by atoms with Gasteiger partial charge in [-0.25, -0.2) is 0 Å². The molecule has 1 heterocycles. The fourth-order valence-corrected chi connectivity index (χ4v) is 3.91. The molecule has 0 spiro atoms. The summed E-state index contributed by atoms with van der Waals surface area (Å²) in [5.74, 6) is 0. The molecule has 0 N–H and O–H groups in total. The van der Waals surface area contributed by atoms with Gasteiger partial charge in [0, 0.05) is 4.88 Å². The van der Waals surface area contributed by atoms with Gasteiger partial charge in [0.05, 0.1) is 8.61 Å². The maximum Gasteiger partial charge on any atom is 0.0738 e. The molecule has 3 heteroatoms. The maximum absolute atomic E-state index is 3.77. The van der Waals surface area contributed by atoms with Gasteiger partial charge < -0.3 is 0 Å². The molecule has 0 bridgehead atoms. The second-order valence-electron chi connectivity index (χ2n) is 3.93. The van der Waals surface area contributed by atoms with E-state index in [2.05, 4.69) is 76.0 Å². The van der Waals surface area contributed by atoms with Crippen LogP contribution in [0.5, 0.6) is 0 Å². The highest BCUT2D eigenvalue weighted by Gasteiger charge is 2.13. The standard InChI is InChI=1S/C13H12Br2S/c1-8-5-9(2)7-10(6-8)13(15)11-3-4-12(14)16-11/h3-7,13H,1-2H3. The summed E-state index contributed by atoms with van der Waals surface area (Å²) in [7, 11) is 0. The van der Waals surface area contributed by atoms with E-state index in [-0.39, 0.29) is 0 Å². The van der Waals surface area contributed by atoms with E-state index >= 15 is 0 Å². The molecule has 1 aromatic heterocycles. The highest BCUT2D eigenvalue weighted by atomic mass is 79.9. The first-order valence-corrected chi connectivity index (χ1v) is 7.56. The molecular weight excluding hydrogens is 348 g/mol. The molecule has 0 aliphatic heterocycles. The first kappa shape index (κ1) is 12.3. The number of thiophene rings is 1. The first-order valence-electron chi connectivity index (χ1n) is 5.04. The van der Waals surface area contributed by atoms with Crippen LogP contribution < -0.4 is 0 Å². The monoisotopic (exact) mass is 358 g/mol. The van der Waals surface area contributed by atoms with Crippen molar-refractivity contribution in [1.82, 2.24) is 0 Å². The van der Waals surface area contributed by atoms with Crippen LogP contribution in [0.25, 0.3) is 0 Å². The van der Waals surface area contributed by atoms with E-state index in [1.807, 2.05) is 0 Å². The van der Waals surface area contributed by atoms with Gasteiger partial charge in [-0.1, -0.05) is 45.3 Å². The third kappa shape index (κ3) is 2.76. The molecule has 2 rings (SSSR count). The summed E-state index contributed by atoms with van der Waals surface area (Å²) in [6, 6.07) is 10.9. The van der Waals surface area contributed by atoms with Crippen LogP contribution in [0.1, 0.15) is 26.4 Å². The summed E-state index contributed by atoms with van der Waals surface area (Å²) in [5.41, 5.74) is 3.96. The van der Waals surface area contributed by atoms with E-state index < -0.39 is 0 Å². The highest BCUT2D eigenvalue weighted by Crippen LogP contribution is 2.37. The van der Waals surface area contributed by atoms with Crippen LogP contribution in [0.3, 0.4) is 0 Å². The topological polar surface area (TPSA) is 0 Å². The zero-order chi connectivity index (χ0) is 11.7. The van der Waals surface area contributed by atoms with Crippen LogP contribution in [0.2, 0.25) is 0 Å². The van der Waals surface area contributed by atoms with Crippen LogP contribution >= 0.6 is 43.2 Å². The lowest BCUT2D eigenvalue weighted by Crippen LogP contribution is -1.91. The van der Waals surface area contributed by atoms with Crippen molar-refractivity contribution in [2.75, 3.05) is 0 Å². The Balaban J connectivity index is 2.37. The van der Waals surface area contributed by atoms with E-state index in [0.29, 0.717) is 4.83 Å². The highest BCUT2D eigenvalue weighted by molar-refractivity contribution is 9.11. The van der Waals surface area contributed by atoms with Gasteiger partial charge in [-0.3, -0.25) is 0 Å². The third-order valence-corrected chi connectivity index (χ3v) is 5.39. The molecule has 0 saturated heterocycles. The maximum atomic E-state index is 3.77. The molecular formula is C13H12Br2S. The second-order valence-corrected chi connectivity index (χ2v) is 7.34. The lowest BCUT2D eigenvalue weighted by atomic mass is 10.0. The van der Waals surface area contributed by atoms with Crippen molar-refractivity contribution in [3.8, 4) is 0 Å². The summed E-state index contributed by atoms with van der Waals surface area (Å²) in [6.07, 6.45) is 0. The molecule has 1 aromatic carbocycles. The molecule has 84 valence electrons. The number of hydrogen-bond acceptors (Lipinski definition) is 1. The third-order valence-electron chi connectivity index (χ3n) is 2.38. The number of alkyl halides is 1. The Morgan fingerprint density at radius 1 is 1.06 bits per heavy atom. The first-order chi connectivity index (χ1) is 7.56. The fourth-order valence-electron chi connectivity index (χ4n) is 1.78. The van der Waals surface area contributed by atoms with Crippen LogP contribution in [0, 0.1) is 13.8 Å². The quantitative estimate of drug-likeness (QED) is 0.611. The Labute approximate surface area is 117 Å². The van der Waals surface area contributed by atoms with Gasteiger partial charge in [-0.05, 0) is 47.5 Å². The smallest absolute Gasteiger partial charge is 0.0738 e. The van der Waals surface area contributed by atoms with E-state index in [4.69, 9.17) is 0 Å². The van der Waals surface area contributed by atoms with Crippen molar-refractivity contribution in [2.45, 2.75) is 18.7 Å². The Morgan fingerprint density at radius 2 is 1.69 bits per heavy atom. The predicted molar refractivity (Wildman–Crippen MR) is 78.7 cm³/mol. The predicted octanol–water partition coefficient (Wildman–Crippen LogP) is 5.61. The van der Waals surface area contributed by atoms with Gasteiger partial charge in [0.25, 0.3) is 0 Å². The SMILES string of the molecule is Cc1cc(C)cc(C(Br)c2ccc(Br)s2)c1. The van der Waals surface area contributed by atoms with Crippen molar-refractivity contribution in [2.24, 2.45) is 0 Å². The number of aryl methyl sites for hydroxylation is 2. The Morgan fingerprint density at radius 3 is 2.19 bits per heavy atom. The minimum Gasteiger partial charge on any atom is -0.132 e. The largest absolute Gasteiger partial charge is 0.132 e. The molecule has 0 aliphatic carbocycles. The summed E-state index contributed by atoms with van der Waals surface area (Å²) >= 11 is 9.04. The van der Waals surface area contributed by atoms with Crippen molar-refractivity contribution in [3.05, 3.63) is 55.7 Å². The number of rotatable bonds is 2. The molecule has 0 aliphatic rings. The molecule has 0 amide bonds. The average molecular weight is 360 g/mol. The zero-order valence-corrected chi connectivity index (χ0v) is 13.1. The average Bonchev–Trinajstić information content (AvgIpc) is 2.62. The number of benzene rings is 1. The summed E-state index contributed by atoms with van der Waals surface area (Å²) < 4.78 is 1.18. The minimum absolute atomic E-state index is 0.294. The Bertz CT molecular complexity index is 482. The van der Waals surface area contributed by atoms with Crippen molar-refractivity contribution < 1.29 is 0 Å². The normalized spacial score (nSPS) is 12.8. The van der Waals surface area contributed by atoms with Gasteiger partial charge in [-0.2, -0.15) is 0 Å². The van der Waals surface area contributed by atoms with Crippen LogP contribution in [0.15, 0.2) is 34.1 Å². The molecule has 0 radical (unpaired) electrons. The lowest BCUT2D eigenvalue weighted by molar-refractivity contribution is 1.19. The number of halogens is 2. The molecule has 0 saturated carbocycles. The molecule has 1 atom stereocenters. The van der Waals surface area contributed by atoms with E-state index in [0.717, 1.165) is 0 Å². The van der Waals surface area contributed by atoms with Crippen LogP contribution in [-0.4, -0.2) is 0 Å². The Hall–Kier alpha value is -0.120. The number of hydrogen-bond donors (Lipinski definition) is 0. The van der Waals surface area contributed by atoms with Crippen LogP contribution in [0.4, 0.5) is 0 Å².